The van der Waals surface area contributed by atoms with Gasteiger partial charge in [-0.05, 0) is 19.2 Å². The van der Waals surface area contributed by atoms with Gasteiger partial charge in [0.2, 0.25) is 5.03 Å². The van der Waals surface area contributed by atoms with Crippen molar-refractivity contribution in [3.05, 3.63) is 46.9 Å². The van der Waals surface area contributed by atoms with Gasteiger partial charge in [0, 0.05) is 68.6 Å². The van der Waals surface area contributed by atoms with Crippen molar-refractivity contribution < 1.29 is 0 Å². The Balaban J connectivity index is 1.81. The molecule has 0 unspecified atom stereocenters. The number of allylic oxidation sites excluding steroid dienone is 2. The average Bonchev–Trinajstić information content (AvgIpc) is 2.56. The Hall–Kier alpha value is -1.92. The molecule has 1 N–H and O–H groups in total. The summed E-state index contributed by atoms with van der Waals surface area (Å²) in [6.07, 6.45) is 7.18. The molecule has 1 fully saturated rings. The standard InChI is InChI=1S/C16H19N5S/c1-20-5-7-21(8-6-20)16(22)15-14(17)9-13(11-19-15)12-3-2-4-18-10-12/h2-4,9-11,17,22H,5-8H2,1H3/p+1/b16-15+,17-14?. The van der Waals surface area contributed by atoms with Gasteiger partial charge < -0.3 is 9.80 Å². The van der Waals surface area contributed by atoms with Gasteiger partial charge in [0.15, 0.2) is 5.70 Å². The molecule has 22 heavy (non-hydrogen) atoms. The maximum Gasteiger partial charge on any atom is 0.247 e. The Morgan fingerprint density at radius 2 is 2.05 bits per heavy atom. The van der Waals surface area contributed by atoms with E-state index < -0.39 is 0 Å². The summed E-state index contributed by atoms with van der Waals surface area (Å²) in [7, 11) is 2.13. The number of piperazine rings is 1. The number of hydrogen-bond acceptors (Lipinski definition) is 5. The molecule has 0 spiro atoms. The summed E-state index contributed by atoms with van der Waals surface area (Å²) >= 11 is 3.69. The molecule has 3 heterocycles. The van der Waals surface area contributed by atoms with Gasteiger partial charge in [-0.1, -0.05) is 6.07 Å². The predicted molar refractivity (Wildman–Crippen MR) is 94.7 cm³/mol. The number of dihydropyridines is 1. The lowest BCUT2D eigenvalue weighted by Crippen LogP contribution is -2.44. The smallest absolute Gasteiger partial charge is 0.247 e. The van der Waals surface area contributed by atoms with Crippen LogP contribution in [0.1, 0.15) is 5.56 Å². The number of nitrogens with zero attached hydrogens (tertiary/aromatic N) is 4. The minimum atomic E-state index is 0.422. The summed E-state index contributed by atoms with van der Waals surface area (Å²) < 4.78 is 0. The Kier molecular flexibility index (Phi) is 4.40. The number of aromatic nitrogens is 1. The van der Waals surface area contributed by atoms with E-state index in [0.29, 0.717) is 11.4 Å². The minimum Gasteiger partial charge on any atom is -0.329 e. The highest BCUT2D eigenvalue weighted by Gasteiger charge is 2.24. The molecule has 0 saturated carbocycles. The highest BCUT2D eigenvalue weighted by Crippen LogP contribution is 2.21. The third-order valence-corrected chi connectivity index (χ3v) is 4.48. The van der Waals surface area contributed by atoms with Crippen LogP contribution in [0.2, 0.25) is 0 Å². The van der Waals surface area contributed by atoms with E-state index in [2.05, 4.69) is 39.5 Å². The van der Waals surface area contributed by atoms with Gasteiger partial charge in [-0.3, -0.25) is 10.4 Å². The zero-order chi connectivity index (χ0) is 15.5. The van der Waals surface area contributed by atoms with Crippen molar-refractivity contribution in [2.75, 3.05) is 33.2 Å². The molecular weight excluding hydrogens is 294 g/mol. The van der Waals surface area contributed by atoms with E-state index in [0.717, 1.165) is 42.3 Å². The van der Waals surface area contributed by atoms with Crippen LogP contribution in [0.5, 0.6) is 0 Å². The van der Waals surface area contributed by atoms with Crippen LogP contribution >= 0.6 is 0 Å². The zero-order valence-corrected chi connectivity index (χ0v) is 13.6. The number of aliphatic imine (C=N–C) groups is 1. The number of hydrogen-bond donors (Lipinski definition) is 1. The lowest BCUT2D eigenvalue weighted by atomic mass is 10.0. The van der Waals surface area contributed by atoms with Gasteiger partial charge in [-0.2, -0.15) is 0 Å². The van der Waals surface area contributed by atoms with Crippen molar-refractivity contribution in [1.82, 2.24) is 14.8 Å². The van der Waals surface area contributed by atoms with Gasteiger partial charge >= 0.3 is 0 Å². The van der Waals surface area contributed by atoms with Crippen LogP contribution in [0.4, 0.5) is 0 Å². The molecule has 5 nitrogen and oxygen atoms in total. The summed E-state index contributed by atoms with van der Waals surface area (Å²) in [5.74, 6) is 0. The average molecular weight is 314 g/mol. The summed E-state index contributed by atoms with van der Waals surface area (Å²) in [5.41, 5.74) is 3.00. The summed E-state index contributed by atoms with van der Waals surface area (Å²) in [6.45, 7) is 3.94. The molecule has 2 aliphatic rings. The number of rotatable bonds is 2. The third-order valence-electron chi connectivity index (χ3n) is 3.93. The predicted octanol–water partition coefficient (Wildman–Crippen LogP) is 0.997. The van der Waals surface area contributed by atoms with Gasteiger partial charge in [-0.25, -0.2) is 4.99 Å². The monoisotopic (exact) mass is 314 g/mol. The maximum atomic E-state index is 8.28. The number of likely N-dealkylation sites (N-methyl/N-ethyl adjacent to an activating group) is 1. The quantitative estimate of drug-likeness (QED) is 0.829. The molecule has 0 bridgehead atoms. The summed E-state index contributed by atoms with van der Waals surface area (Å²) in [6, 6.07) is 3.86. The zero-order valence-electron chi connectivity index (χ0n) is 12.6. The fraction of sp³-hybridized carbons (Fsp3) is 0.312. The van der Waals surface area contributed by atoms with Gasteiger partial charge in [0.1, 0.15) is 0 Å². The Bertz CT molecular complexity index is 654. The van der Waals surface area contributed by atoms with Crippen molar-refractivity contribution in [3.8, 4) is 0 Å². The first kappa shape index (κ1) is 15.0. The lowest BCUT2D eigenvalue weighted by molar-refractivity contribution is 0.194. The third kappa shape index (κ3) is 3.13. The number of nitrogens with one attached hydrogen (secondary N) is 1. The molecule has 0 atom stereocenters. The second-order valence-corrected chi connectivity index (χ2v) is 5.97. The fourth-order valence-corrected chi connectivity index (χ4v) is 2.95. The number of pyridine rings is 1. The SMILES string of the molecule is CN1CCN(/C([SH2+])=C2\N=CC(c3cccnc3)=CC2=N)CC1. The molecular formula is C16H20N5S+. The van der Waals surface area contributed by atoms with Gasteiger partial charge in [-0.15, -0.1) is 0 Å². The molecule has 114 valence electrons. The maximum absolute atomic E-state index is 8.28. The van der Waals surface area contributed by atoms with Crippen LogP contribution in [0, 0.1) is 5.41 Å². The van der Waals surface area contributed by atoms with Gasteiger partial charge in [0.05, 0.1) is 5.71 Å². The molecule has 1 aromatic heterocycles. The van der Waals surface area contributed by atoms with Crippen molar-refractivity contribution in [1.29, 1.82) is 5.41 Å². The van der Waals surface area contributed by atoms with E-state index in [1.54, 1.807) is 18.6 Å². The molecule has 1 aromatic rings. The van der Waals surface area contributed by atoms with Crippen LogP contribution in [0.15, 0.2) is 46.3 Å². The molecule has 1 saturated heterocycles. The molecule has 3 rings (SSSR count). The Morgan fingerprint density at radius 3 is 2.68 bits per heavy atom. The van der Waals surface area contributed by atoms with E-state index in [1.165, 1.54) is 0 Å². The molecule has 0 amide bonds. The summed E-state index contributed by atoms with van der Waals surface area (Å²) in [4.78, 5) is 13.1. The summed E-state index contributed by atoms with van der Waals surface area (Å²) in [5, 5.41) is 9.18. The lowest BCUT2D eigenvalue weighted by Gasteiger charge is -2.32. The second kappa shape index (κ2) is 6.46. The molecule has 6 heteroatoms. The van der Waals surface area contributed by atoms with Crippen LogP contribution in [0.3, 0.4) is 0 Å². The van der Waals surface area contributed by atoms with E-state index in [4.69, 9.17) is 5.41 Å². The minimum absolute atomic E-state index is 0.422. The fourth-order valence-electron chi connectivity index (χ4n) is 2.52. The Morgan fingerprint density at radius 1 is 1.27 bits per heavy atom. The van der Waals surface area contributed by atoms with Crippen LogP contribution in [-0.2, 0) is 12.6 Å². The molecule has 0 aliphatic carbocycles. The van der Waals surface area contributed by atoms with Crippen molar-refractivity contribution in [2.24, 2.45) is 4.99 Å². The van der Waals surface area contributed by atoms with Crippen molar-refractivity contribution >= 4 is 30.1 Å². The van der Waals surface area contributed by atoms with E-state index in [-0.39, 0.29) is 0 Å². The van der Waals surface area contributed by atoms with Crippen LogP contribution < -0.4 is 0 Å². The van der Waals surface area contributed by atoms with Crippen LogP contribution in [0.25, 0.3) is 5.57 Å². The Labute approximate surface area is 136 Å². The first-order chi connectivity index (χ1) is 10.6. The molecule has 0 aromatic carbocycles. The topological polar surface area (TPSA) is 55.6 Å². The van der Waals surface area contributed by atoms with Crippen LogP contribution in [-0.4, -0.2) is 59.9 Å². The normalized spacial score (nSPS) is 21.8. The second-order valence-electron chi connectivity index (χ2n) is 5.50. The van der Waals surface area contributed by atoms with Crippen molar-refractivity contribution in [2.45, 2.75) is 0 Å². The van der Waals surface area contributed by atoms with Crippen molar-refractivity contribution in [3.63, 3.8) is 0 Å². The van der Waals surface area contributed by atoms with E-state index in [9.17, 15) is 0 Å². The highest BCUT2D eigenvalue weighted by atomic mass is 32.1. The molecule has 2 aliphatic heterocycles. The van der Waals surface area contributed by atoms with Gasteiger partial charge in [0.25, 0.3) is 0 Å². The molecule has 0 radical (unpaired) electrons. The first-order valence-corrected chi connectivity index (χ1v) is 7.79. The van der Waals surface area contributed by atoms with E-state index >= 15 is 0 Å². The first-order valence-electron chi connectivity index (χ1n) is 7.29. The highest BCUT2D eigenvalue weighted by molar-refractivity contribution is 7.63. The van der Waals surface area contributed by atoms with E-state index in [1.807, 2.05) is 18.2 Å². The largest absolute Gasteiger partial charge is 0.329 e.